The lowest BCUT2D eigenvalue weighted by Gasteiger charge is -2.19. The summed E-state index contributed by atoms with van der Waals surface area (Å²) in [6, 6.07) is 9.83. The van der Waals surface area contributed by atoms with Gasteiger partial charge in [0.25, 0.3) is 5.56 Å². The summed E-state index contributed by atoms with van der Waals surface area (Å²) in [5, 5.41) is 4.64. The van der Waals surface area contributed by atoms with Crippen molar-refractivity contribution in [3.05, 3.63) is 69.6 Å². The van der Waals surface area contributed by atoms with Gasteiger partial charge in [-0.2, -0.15) is 5.10 Å². The van der Waals surface area contributed by atoms with Crippen molar-refractivity contribution in [2.75, 3.05) is 18.0 Å². The Morgan fingerprint density at radius 3 is 2.42 bits per heavy atom. The maximum atomic E-state index is 12.6. The van der Waals surface area contributed by atoms with Gasteiger partial charge in [0.05, 0.1) is 18.4 Å². The summed E-state index contributed by atoms with van der Waals surface area (Å²) in [4.78, 5) is 14.8. The van der Waals surface area contributed by atoms with Crippen LogP contribution in [0.4, 0.5) is 5.69 Å². The lowest BCUT2D eigenvalue weighted by Crippen LogP contribution is -2.28. The van der Waals surface area contributed by atoms with Crippen molar-refractivity contribution in [1.29, 1.82) is 0 Å². The molecule has 124 valence electrons. The first-order valence-electron chi connectivity index (χ1n) is 8.42. The third-order valence-electron chi connectivity index (χ3n) is 5.10. The van der Waals surface area contributed by atoms with Gasteiger partial charge in [-0.3, -0.25) is 4.79 Å². The smallest absolute Gasteiger partial charge is 0.287 e. The Hall–Kier alpha value is -2.07. The molecule has 2 aliphatic rings. The van der Waals surface area contributed by atoms with Crippen LogP contribution in [0.15, 0.2) is 53.5 Å². The Morgan fingerprint density at radius 1 is 1.08 bits per heavy atom. The number of halogens is 1. The highest BCUT2D eigenvalue weighted by Crippen LogP contribution is 2.36. The van der Waals surface area contributed by atoms with Gasteiger partial charge in [0.1, 0.15) is 5.02 Å². The molecule has 5 heteroatoms. The molecule has 4 nitrogen and oxygen atoms in total. The van der Waals surface area contributed by atoms with Gasteiger partial charge in [-0.15, -0.1) is 0 Å². The standard InChI is InChI=1S/C19H20ClN3O/c20-18-17(22-12-15-8-4-5-9-16(15)13-22)10-21-23(19(18)24)11-14-6-2-1-3-7-14/h1-7,10,15-16H,8-9,11-13H2. The van der Waals surface area contributed by atoms with Gasteiger partial charge in [-0.05, 0) is 30.2 Å². The summed E-state index contributed by atoms with van der Waals surface area (Å²) in [5.41, 5.74) is 1.60. The molecule has 0 saturated carbocycles. The quantitative estimate of drug-likeness (QED) is 0.804. The lowest BCUT2D eigenvalue weighted by molar-refractivity contribution is 0.411. The molecule has 2 aromatic rings. The highest BCUT2D eigenvalue weighted by Gasteiger charge is 2.34. The first kappa shape index (κ1) is 15.5. The highest BCUT2D eigenvalue weighted by atomic mass is 35.5. The first-order chi connectivity index (χ1) is 11.7. The van der Waals surface area contributed by atoms with E-state index in [9.17, 15) is 4.79 Å². The predicted molar refractivity (Wildman–Crippen MR) is 96.6 cm³/mol. The minimum absolute atomic E-state index is 0.217. The molecule has 0 amide bonds. The number of benzene rings is 1. The number of hydrogen-bond acceptors (Lipinski definition) is 3. The molecule has 0 spiro atoms. The second kappa shape index (κ2) is 6.44. The van der Waals surface area contributed by atoms with Gasteiger partial charge in [0.2, 0.25) is 0 Å². The second-order valence-electron chi connectivity index (χ2n) is 6.66. The number of nitrogens with zero attached hydrogens (tertiary/aromatic N) is 3. The van der Waals surface area contributed by atoms with E-state index in [1.54, 1.807) is 6.20 Å². The summed E-state index contributed by atoms with van der Waals surface area (Å²) in [7, 11) is 0. The molecule has 1 aliphatic carbocycles. The molecular weight excluding hydrogens is 322 g/mol. The third-order valence-corrected chi connectivity index (χ3v) is 5.46. The van der Waals surface area contributed by atoms with Crippen LogP contribution in [0.25, 0.3) is 0 Å². The van der Waals surface area contributed by atoms with Gasteiger partial charge >= 0.3 is 0 Å². The zero-order valence-corrected chi connectivity index (χ0v) is 14.2. The SMILES string of the molecule is O=c1c(Cl)c(N2CC3CC=CCC3C2)cnn1Cc1ccccc1. The number of allylic oxidation sites excluding steroid dienone is 2. The molecule has 0 N–H and O–H groups in total. The molecule has 1 aliphatic heterocycles. The van der Waals surface area contributed by atoms with Crippen molar-refractivity contribution in [1.82, 2.24) is 9.78 Å². The van der Waals surface area contributed by atoms with Gasteiger partial charge in [-0.1, -0.05) is 54.1 Å². The first-order valence-corrected chi connectivity index (χ1v) is 8.79. The zero-order chi connectivity index (χ0) is 16.5. The lowest BCUT2D eigenvalue weighted by atomic mass is 9.86. The Bertz CT molecular complexity index is 799. The monoisotopic (exact) mass is 341 g/mol. The van der Waals surface area contributed by atoms with Gasteiger partial charge < -0.3 is 4.90 Å². The molecule has 1 fully saturated rings. The Labute approximate surface area is 146 Å². The van der Waals surface area contributed by atoms with E-state index in [4.69, 9.17) is 11.6 Å². The fraction of sp³-hybridized carbons (Fsp3) is 0.368. The fourth-order valence-electron chi connectivity index (χ4n) is 3.76. The summed E-state index contributed by atoms with van der Waals surface area (Å²) in [5.74, 6) is 1.33. The van der Waals surface area contributed by atoms with Gasteiger partial charge in [0.15, 0.2) is 0 Å². The molecule has 0 bridgehead atoms. The molecule has 0 radical (unpaired) electrons. The van der Waals surface area contributed by atoms with Crippen LogP contribution < -0.4 is 10.5 Å². The largest absolute Gasteiger partial charge is 0.368 e. The second-order valence-corrected chi connectivity index (χ2v) is 7.04. The van der Waals surface area contributed by atoms with Crippen molar-refractivity contribution >= 4 is 17.3 Å². The summed E-state index contributed by atoms with van der Waals surface area (Å²) < 4.78 is 1.44. The fourth-order valence-corrected chi connectivity index (χ4v) is 4.02. The van der Waals surface area contributed by atoms with Crippen LogP contribution in [0.1, 0.15) is 18.4 Å². The normalized spacial score (nSPS) is 22.6. The topological polar surface area (TPSA) is 38.1 Å². The molecule has 2 unspecified atom stereocenters. The maximum absolute atomic E-state index is 12.6. The average Bonchev–Trinajstić information content (AvgIpc) is 3.04. The molecule has 2 heterocycles. The van der Waals surface area contributed by atoms with Crippen LogP contribution in [0.2, 0.25) is 5.02 Å². The Kier molecular flexibility index (Phi) is 4.15. The number of aromatic nitrogens is 2. The molecule has 2 atom stereocenters. The van der Waals surface area contributed by atoms with Crippen LogP contribution in [0.3, 0.4) is 0 Å². The van der Waals surface area contributed by atoms with E-state index < -0.39 is 0 Å². The van der Waals surface area contributed by atoms with Crippen molar-refractivity contribution in [2.24, 2.45) is 11.8 Å². The third kappa shape index (κ3) is 2.86. The van der Waals surface area contributed by atoms with E-state index in [1.165, 1.54) is 4.68 Å². The molecule has 1 saturated heterocycles. The average molecular weight is 342 g/mol. The van der Waals surface area contributed by atoms with Crippen LogP contribution in [0.5, 0.6) is 0 Å². The van der Waals surface area contributed by atoms with Gasteiger partial charge in [-0.25, -0.2) is 4.68 Å². The van der Waals surface area contributed by atoms with Crippen molar-refractivity contribution < 1.29 is 0 Å². The molecule has 1 aromatic carbocycles. The Balaban J connectivity index is 1.58. The number of fused-ring (bicyclic) bond motifs is 1. The van der Waals surface area contributed by atoms with E-state index in [0.29, 0.717) is 18.4 Å². The summed E-state index contributed by atoms with van der Waals surface area (Å²) in [6.45, 7) is 2.35. The van der Waals surface area contributed by atoms with E-state index in [2.05, 4.69) is 22.2 Å². The van der Waals surface area contributed by atoms with E-state index in [1.807, 2.05) is 30.3 Å². The zero-order valence-electron chi connectivity index (χ0n) is 13.4. The van der Waals surface area contributed by atoms with E-state index in [0.717, 1.165) is 37.2 Å². The van der Waals surface area contributed by atoms with Crippen molar-refractivity contribution in [2.45, 2.75) is 19.4 Å². The Morgan fingerprint density at radius 2 is 1.75 bits per heavy atom. The molecular formula is C19H20ClN3O. The summed E-state index contributed by atoms with van der Waals surface area (Å²) >= 11 is 6.41. The van der Waals surface area contributed by atoms with Crippen LogP contribution in [-0.2, 0) is 6.54 Å². The molecule has 1 aromatic heterocycles. The summed E-state index contributed by atoms with van der Waals surface area (Å²) in [6.07, 6.45) is 8.52. The van der Waals surface area contributed by atoms with Gasteiger partial charge in [0, 0.05) is 13.1 Å². The van der Waals surface area contributed by atoms with Crippen molar-refractivity contribution in [3.63, 3.8) is 0 Å². The maximum Gasteiger partial charge on any atom is 0.287 e. The number of rotatable bonds is 3. The van der Waals surface area contributed by atoms with Crippen LogP contribution in [-0.4, -0.2) is 22.9 Å². The molecule has 24 heavy (non-hydrogen) atoms. The van der Waals surface area contributed by atoms with Crippen LogP contribution in [0, 0.1) is 11.8 Å². The highest BCUT2D eigenvalue weighted by molar-refractivity contribution is 6.33. The van der Waals surface area contributed by atoms with E-state index >= 15 is 0 Å². The minimum atomic E-state index is -0.217. The van der Waals surface area contributed by atoms with Crippen LogP contribution >= 0.6 is 11.6 Å². The van der Waals surface area contributed by atoms with E-state index in [-0.39, 0.29) is 10.6 Å². The molecule has 4 rings (SSSR count). The van der Waals surface area contributed by atoms with Crippen molar-refractivity contribution in [3.8, 4) is 0 Å². The minimum Gasteiger partial charge on any atom is -0.368 e. The number of anilines is 1. The predicted octanol–water partition coefficient (Wildman–Crippen LogP) is 3.35. The number of hydrogen-bond donors (Lipinski definition) is 0.